The van der Waals surface area contributed by atoms with Gasteiger partial charge in [-0.3, -0.25) is 0 Å². The standard InChI is InChI=1S/C16H20N2S/c1-11-3-4-15(13(9-11)10-17)18-7-5-16-14(12(18)2)6-8-19-16/h3-4,6,8-9,12H,5,7,10,17H2,1-2H3. The number of nitrogens with zero attached hydrogens (tertiary/aromatic N) is 1. The number of rotatable bonds is 2. The second-order valence-electron chi connectivity index (χ2n) is 5.25. The highest BCUT2D eigenvalue weighted by molar-refractivity contribution is 7.10. The van der Waals surface area contributed by atoms with Gasteiger partial charge in [0.25, 0.3) is 0 Å². The Morgan fingerprint density at radius 2 is 2.21 bits per heavy atom. The zero-order chi connectivity index (χ0) is 13.4. The molecule has 3 heteroatoms. The summed E-state index contributed by atoms with van der Waals surface area (Å²) in [7, 11) is 0. The number of nitrogens with two attached hydrogens (primary N) is 1. The second kappa shape index (κ2) is 4.99. The van der Waals surface area contributed by atoms with Crippen LogP contribution in [0.25, 0.3) is 0 Å². The number of thiophene rings is 1. The van der Waals surface area contributed by atoms with Crippen molar-refractivity contribution in [1.82, 2.24) is 0 Å². The van der Waals surface area contributed by atoms with E-state index in [1.807, 2.05) is 11.3 Å². The second-order valence-corrected chi connectivity index (χ2v) is 6.26. The molecule has 1 atom stereocenters. The van der Waals surface area contributed by atoms with Crippen molar-refractivity contribution in [3.63, 3.8) is 0 Å². The lowest BCUT2D eigenvalue weighted by atomic mass is 9.98. The first kappa shape index (κ1) is 12.7. The predicted octanol–water partition coefficient (Wildman–Crippen LogP) is 3.64. The fourth-order valence-electron chi connectivity index (χ4n) is 3.00. The molecule has 1 aliphatic rings. The fourth-order valence-corrected chi connectivity index (χ4v) is 3.96. The Kier molecular flexibility index (Phi) is 3.33. The average Bonchev–Trinajstić information content (AvgIpc) is 2.89. The number of anilines is 1. The lowest BCUT2D eigenvalue weighted by molar-refractivity contribution is 0.630. The van der Waals surface area contributed by atoms with Crippen LogP contribution in [-0.2, 0) is 13.0 Å². The van der Waals surface area contributed by atoms with E-state index in [1.165, 1.54) is 22.4 Å². The molecule has 1 aromatic heterocycles. The molecule has 2 N–H and O–H groups in total. The van der Waals surface area contributed by atoms with Gasteiger partial charge in [0.1, 0.15) is 0 Å². The Labute approximate surface area is 118 Å². The minimum absolute atomic E-state index is 0.447. The molecule has 0 bridgehead atoms. The number of benzene rings is 1. The third kappa shape index (κ3) is 2.17. The Morgan fingerprint density at radius 3 is 3.00 bits per heavy atom. The zero-order valence-electron chi connectivity index (χ0n) is 11.5. The van der Waals surface area contributed by atoms with Crippen LogP contribution in [0.5, 0.6) is 0 Å². The first-order chi connectivity index (χ1) is 9.20. The van der Waals surface area contributed by atoms with Crippen molar-refractivity contribution in [2.24, 2.45) is 5.73 Å². The van der Waals surface area contributed by atoms with Crippen molar-refractivity contribution in [3.8, 4) is 0 Å². The SMILES string of the molecule is Cc1ccc(N2CCc3sccc3C2C)c(CN)c1. The van der Waals surface area contributed by atoms with Crippen LogP contribution in [-0.4, -0.2) is 6.54 Å². The molecule has 2 heterocycles. The molecule has 0 amide bonds. The van der Waals surface area contributed by atoms with Crippen molar-refractivity contribution in [2.45, 2.75) is 32.9 Å². The molecule has 0 fully saturated rings. The Balaban J connectivity index is 2.00. The monoisotopic (exact) mass is 272 g/mol. The third-order valence-electron chi connectivity index (χ3n) is 4.04. The van der Waals surface area contributed by atoms with Crippen LogP contribution in [0.15, 0.2) is 29.6 Å². The van der Waals surface area contributed by atoms with Gasteiger partial charge >= 0.3 is 0 Å². The maximum atomic E-state index is 5.92. The fraction of sp³-hybridized carbons (Fsp3) is 0.375. The number of aryl methyl sites for hydroxylation is 1. The highest BCUT2D eigenvalue weighted by Gasteiger charge is 2.25. The van der Waals surface area contributed by atoms with Crippen molar-refractivity contribution in [2.75, 3.05) is 11.4 Å². The smallest absolute Gasteiger partial charge is 0.0525 e. The highest BCUT2D eigenvalue weighted by atomic mass is 32.1. The lowest BCUT2D eigenvalue weighted by Gasteiger charge is -2.37. The summed E-state index contributed by atoms with van der Waals surface area (Å²) in [5.74, 6) is 0. The van der Waals surface area contributed by atoms with Crippen molar-refractivity contribution < 1.29 is 0 Å². The summed E-state index contributed by atoms with van der Waals surface area (Å²) in [5, 5.41) is 2.21. The minimum Gasteiger partial charge on any atom is -0.364 e. The molecule has 1 aromatic carbocycles. The summed E-state index contributed by atoms with van der Waals surface area (Å²) in [6.07, 6.45) is 1.15. The molecule has 2 aromatic rings. The van der Waals surface area contributed by atoms with Crippen LogP contribution >= 0.6 is 11.3 Å². The average molecular weight is 272 g/mol. The minimum atomic E-state index is 0.447. The maximum absolute atomic E-state index is 5.92. The topological polar surface area (TPSA) is 29.3 Å². The third-order valence-corrected chi connectivity index (χ3v) is 5.04. The lowest BCUT2D eigenvalue weighted by Crippen LogP contribution is -2.34. The van der Waals surface area contributed by atoms with Crippen LogP contribution in [0.4, 0.5) is 5.69 Å². The molecular weight excluding hydrogens is 252 g/mol. The van der Waals surface area contributed by atoms with E-state index in [1.54, 1.807) is 4.88 Å². The van der Waals surface area contributed by atoms with Gasteiger partial charge in [-0.2, -0.15) is 0 Å². The molecule has 2 nitrogen and oxygen atoms in total. The Hall–Kier alpha value is -1.32. The van der Waals surface area contributed by atoms with Gasteiger partial charge < -0.3 is 10.6 Å². The number of hydrogen-bond donors (Lipinski definition) is 1. The Morgan fingerprint density at radius 1 is 1.37 bits per heavy atom. The van der Waals surface area contributed by atoms with E-state index >= 15 is 0 Å². The van der Waals surface area contributed by atoms with Gasteiger partial charge in [0.15, 0.2) is 0 Å². The van der Waals surface area contributed by atoms with E-state index in [2.05, 4.69) is 48.4 Å². The molecule has 1 aliphatic heterocycles. The van der Waals surface area contributed by atoms with E-state index < -0.39 is 0 Å². The van der Waals surface area contributed by atoms with Gasteiger partial charge in [0.2, 0.25) is 0 Å². The van der Waals surface area contributed by atoms with Gasteiger partial charge in [-0.1, -0.05) is 17.7 Å². The maximum Gasteiger partial charge on any atom is 0.0525 e. The Bertz CT molecular complexity index is 588. The van der Waals surface area contributed by atoms with Gasteiger partial charge in [0.05, 0.1) is 6.04 Å². The van der Waals surface area contributed by atoms with E-state index in [9.17, 15) is 0 Å². The first-order valence-electron chi connectivity index (χ1n) is 6.83. The molecule has 0 spiro atoms. The zero-order valence-corrected chi connectivity index (χ0v) is 12.3. The van der Waals surface area contributed by atoms with Crippen LogP contribution in [0.2, 0.25) is 0 Å². The van der Waals surface area contributed by atoms with Crippen LogP contribution in [0.3, 0.4) is 0 Å². The summed E-state index contributed by atoms with van der Waals surface area (Å²) < 4.78 is 0. The summed E-state index contributed by atoms with van der Waals surface area (Å²) in [6.45, 7) is 6.12. The summed E-state index contributed by atoms with van der Waals surface area (Å²) in [6, 6.07) is 9.34. The quantitative estimate of drug-likeness (QED) is 0.904. The van der Waals surface area contributed by atoms with Gasteiger partial charge in [-0.05, 0) is 48.9 Å². The summed E-state index contributed by atoms with van der Waals surface area (Å²) in [5.41, 5.74) is 11.2. The number of fused-ring (bicyclic) bond motifs is 1. The molecule has 0 saturated heterocycles. The first-order valence-corrected chi connectivity index (χ1v) is 7.71. The van der Waals surface area contributed by atoms with Crippen LogP contribution in [0.1, 0.15) is 34.5 Å². The van der Waals surface area contributed by atoms with E-state index in [0.29, 0.717) is 12.6 Å². The van der Waals surface area contributed by atoms with Gasteiger partial charge in [0, 0.05) is 23.7 Å². The molecule has 3 rings (SSSR count). The predicted molar refractivity (Wildman–Crippen MR) is 82.9 cm³/mol. The molecule has 19 heavy (non-hydrogen) atoms. The largest absolute Gasteiger partial charge is 0.364 e. The molecule has 100 valence electrons. The number of hydrogen-bond acceptors (Lipinski definition) is 3. The normalized spacial score (nSPS) is 18.5. The van der Waals surface area contributed by atoms with E-state index in [4.69, 9.17) is 5.73 Å². The van der Waals surface area contributed by atoms with Crippen LogP contribution in [0, 0.1) is 6.92 Å². The molecule has 0 aliphatic carbocycles. The molecule has 0 saturated carbocycles. The van der Waals surface area contributed by atoms with E-state index in [-0.39, 0.29) is 0 Å². The van der Waals surface area contributed by atoms with E-state index in [0.717, 1.165) is 13.0 Å². The molecule has 0 radical (unpaired) electrons. The highest BCUT2D eigenvalue weighted by Crippen LogP contribution is 2.37. The molecule has 1 unspecified atom stereocenters. The van der Waals surface area contributed by atoms with Gasteiger partial charge in [-0.15, -0.1) is 11.3 Å². The molecular formula is C16H20N2S. The van der Waals surface area contributed by atoms with Crippen LogP contribution < -0.4 is 10.6 Å². The van der Waals surface area contributed by atoms with Crippen molar-refractivity contribution in [3.05, 3.63) is 51.2 Å². The summed E-state index contributed by atoms with van der Waals surface area (Å²) in [4.78, 5) is 4.04. The van der Waals surface area contributed by atoms with Gasteiger partial charge in [-0.25, -0.2) is 0 Å². The summed E-state index contributed by atoms with van der Waals surface area (Å²) >= 11 is 1.89. The van der Waals surface area contributed by atoms with Crippen molar-refractivity contribution in [1.29, 1.82) is 0 Å². The van der Waals surface area contributed by atoms with Crippen molar-refractivity contribution >= 4 is 17.0 Å².